The zero-order valence-electron chi connectivity index (χ0n) is 12.3. The molecule has 0 bridgehead atoms. The second-order valence-electron chi connectivity index (χ2n) is 4.56. The predicted molar refractivity (Wildman–Crippen MR) is 80.8 cm³/mol. The van der Waals surface area contributed by atoms with E-state index in [2.05, 4.69) is 4.98 Å². The second-order valence-corrected chi connectivity index (χ2v) is 6.83. The molecular formula is C15H18NO4P. The Morgan fingerprint density at radius 3 is 2.52 bits per heavy atom. The summed E-state index contributed by atoms with van der Waals surface area (Å²) in [5.74, 6) is 1.14. The van der Waals surface area contributed by atoms with Crippen molar-refractivity contribution in [2.75, 3.05) is 14.2 Å². The lowest BCUT2D eigenvalue weighted by atomic mass is 10.2. The first kappa shape index (κ1) is 15.7. The third-order valence-electron chi connectivity index (χ3n) is 2.94. The molecule has 1 heterocycles. The summed E-state index contributed by atoms with van der Waals surface area (Å²) in [6.07, 6.45) is 1.93. The summed E-state index contributed by atoms with van der Waals surface area (Å²) in [4.78, 5) is 4.18. The van der Waals surface area contributed by atoms with Crippen LogP contribution in [0.15, 0.2) is 42.6 Å². The lowest BCUT2D eigenvalue weighted by Crippen LogP contribution is -1.94. The quantitative estimate of drug-likeness (QED) is 0.750. The third-order valence-corrected chi connectivity index (χ3v) is 4.80. The SMILES string of the molecule is COP(=O)(Cc1cccc(Oc2ccc(C)cn2)c1)OC. The fourth-order valence-corrected chi connectivity index (χ4v) is 2.82. The number of rotatable bonds is 6. The Kier molecular flexibility index (Phi) is 5.12. The third kappa shape index (κ3) is 4.39. The molecule has 0 amide bonds. The van der Waals surface area contributed by atoms with Gasteiger partial charge in [-0.1, -0.05) is 18.2 Å². The molecule has 0 saturated heterocycles. The van der Waals surface area contributed by atoms with Crippen molar-refractivity contribution in [1.82, 2.24) is 4.98 Å². The number of pyridine rings is 1. The fraction of sp³-hybridized carbons (Fsp3) is 0.267. The number of aryl methyl sites for hydroxylation is 1. The predicted octanol–water partition coefficient (Wildman–Crippen LogP) is 4.17. The molecule has 0 unspecified atom stereocenters. The summed E-state index contributed by atoms with van der Waals surface area (Å²) in [6, 6.07) is 11.0. The van der Waals surface area contributed by atoms with Crippen molar-refractivity contribution in [2.45, 2.75) is 13.1 Å². The van der Waals surface area contributed by atoms with Crippen molar-refractivity contribution in [3.63, 3.8) is 0 Å². The Hall–Kier alpha value is -1.68. The Balaban J connectivity index is 2.14. The van der Waals surface area contributed by atoms with Gasteiger partial charge >= 0.3 is 7.60 Å². The first-order valence-electron chi connectivity index (χ1n) is 6.44. The van der Waals surface area contributed by atoms with E-state index in [0.717, 1.165) is 11.1 Å². The van der Waals surface area contributed by atoms with Crippen LogP contribution >= 0.6 is 7.60 Å². The van der Waals surface area contributed by atoms with E-state index in [4.69, 9.17) is 13.8 Å². The van der Waals surface area contributed by atoms with E-state index < -0.39 is 7.60 Å². The molecule has 6 heteroatoms. The molecule has 1 aromatic carbocycles. The van der Waals surface area contributed by atoms with E-state index in [1.807, 2.05) is 31.2 Å². The van der Waals surface area contributed by atoms with Gasteiger partial charge in [-0.3, -0.25) is 4.57 Å². The summed E-state index contributed by atoms with van der Waals surface area (Å²) in [5.41, 5.74) is 1.88. The maximum absolute atomic E-state index is 12.1. The first-order valence-corrected chi connectivity index (χ1v) is 8.17. The number of benzene rings is 1. The van der Waals surface area contributed by atoms with Gasteiger partial charge in [0.2, 0.25) is 5.88 Å². The van der Waals surface area contributed by atoms with E-state index in [-0.39, 0.29) is 6.16 Å². The molecular weight excluding hydrogens is 289 g/mol. The maximum atomic E-state index is 12.1. The van der Waals surface area contributed by atoms with E-state index in [1.54, 1.807) is 18.3 Å². The number of hydrogen-bond donors (Lipinski definition) is 0. The lowest BCUT2D eigenvalue weighted by molar-refractivity contribution is 0.275. The smallest absolute Gasteiger partial charge is 0.334 e. The molecule has 2 rings (SSSR count). The minimum absolute atomic E-state index is 0.193. The second kappa shape index (κ2) is 6.85. The van der Waals surface area contributed by atoms with Gasteiger partial charge < -0.3 is 13.8 Å². The molecule has 112 valence electrons. The average molecular weight is 307 g/mol. The van der Waals surface area contributed by atoms with Gasteiger partial charge in [0.05, 0.1) is 6.16 Å². The lowest BCUT2D eigenvalue weighted by Gasteiger charge is -2.14. The van der Waals surface area contributed by atoms with Crippen LogP contribution in [0.5, 0.6) is 11.6 Å². The number of hydrogen-bond acceptors (Lipinski definition) is 5. The van der Waals surface area contributed by atoms with Crippen LogP contribution in [0.25, 0.3) is 0 Å². The number of ether oxygens (including phenoxy) is 1. The zero-order chi connectivity index (χ0) is 15.3. The van der Waals surface area contributed by atoms with Crippen LogP contribution in [0.2, 0.25) is 0 Å². The highest BCUT2D eigenvalue weighted by molar-refractivity contribution is 7.52. The molecule has 1 aromatic heterocycles. The largest absolute Gasteiger partial charge is 0.439 e. The van der Waals surface area contributed by atoms with Gasteiger partial charge in [0.25, 0.3) is 0 Å². The minimum Gasteiger partial charge on any atom is -0.439 e. The van der Waals surface area contributed by atoms with Gasteiger partial charge in [0.1, 0.15) is 5.75 Å². The van der Waals surface area contributed by atoms with E-state index in [0.29, 0.717) is 11.6 Å². The maximum Gasteiger partial charge on any atom is 0.334 e. The summed E-state index contributed by atoms with van der Waals surface area (Å²) >= 11 is 0. The highest BCUT2D eigenvalue weighted by atomic mass is 31.2. The van der Waals surface area contributed by atoms with Crippen molar-refractivity contribution < 1.29 is 18.3 Å². The van der Waals surface area contributed by atoms with Crippen molar-refractivity contribution in [3.05, 3.63) is 53.7 Å². The highest BCUT2D eigenvalue weighted by Gasteiger charge is 2.21. The molecule has 0 saturated carbocycles. The number of aromatic nitrogens is 1. The van der Waals surface area contributed by atoms with Crippen LogP contribution in [0.4, 0.5) is 0 Å². The van der Waals surface area contributed by atoms with Gasteiger partial charge in [-0.2, -0.15) is 0 Å². The van der Waals surface area contributed by atoms with Gasteiger partial charge in [0, 0.05) is 26.5 Å². The van der Waals surface area contributed by atoms with Crippen molar-refractivity contribution >= 4 is 7.60 Å². The zero-order valence-corrected chi connectivity index (χ0v) is 13.2. The van der Waals surface area contributed by atoms with Crippen LogP contribution in [0.1, 0.15) is 11.1 Å². The number of nitrogens with zero attached hydrogens (tertiary/aromatic N) is 1. The topological polar surface area (TPSA) is 57.7 Å². The molecule has 21 heavy (non-hydrogen) atoms. The monoisotopic (exact) mass is 307 g/mol. The highest BCUT2D eigenvalue weighted by Crippen LogP contribution is 2.49. The molecule has 0 atom stereocenters. The minimum atomic E-state index is -3.08. The normalized spacial score (nSPS) is 11.4. The first-order chi connectivity index (χ1) is 10.0. The average Bonchev–Trinajstić information content (AvgIpc) is 2.50. The Morgan fingerprint density at radius 2 is 1.90 bits per heavy atom. The van der Waals surface area contributed by atoms with Gasteiger partial charge in [-0.15, -0.1) is 0 Å². The molecule has 0 fully saturated rings. The van der Waals surface area contributed by atoms with Crippen molar-refractivity contribution in [1.29, 1.82) is 0 Å². The Morgan fingerprint density at radius 1 is 1.14 bits per heavy atom. The summed E-state index contributed by atoms with van der Waals surface area (Å²) < 4.78 is 27.7. The molecule has 0 aliphatic heterocycles. The Bertz CT molecular complexity index is 634. The Labute approximate surface area is 124 Å². The van der Waals surface area contributed by atoms with E-state index in [1.165, 1.54) is 14.2 Å². The molecule has 5 nitrogen and oxygen atoms in total. The molecule has 0 radical (unpaired) electrons. The van der Waals surface area contributed by atoms with Crippen LogP contribution in [-0.4, -0.2) is 19.2 Å². The summed E-state index contributed by atoms with van der Waals surface area (Å²) in [5, 5.41) is 0. The van der Waals surface area contributed by atoms with Crippen LogP contribution in [0.3, 0.4) is 0 Å². The van der Waals surface area contributed by atoms with Crippen molar-refractivity contribution in [2.24, 2.45) is 0 Å². The molecule has 0 aliphatic rings. The van der Waals surface area contributed by atoms with Crippen LogP contribution < -0.4 is 4.74 Å². The van der Waals surface area contributed by atoms with Crippen LogP contribution in [0, 0.1) is 6.92 Å². The molecule has 0 spiro atoms. The van der Waals surface area contributed by atoms with Gasteiger partial charge in [-0.25, -0.2) is 4.98 Å². The summed E-state index contributed by atoms with van der Waals surface area (Å²) in [6.45, 7) is 1.96. The van der Waals surface area contributed by atoms with Crippen LogP contribution in [-0.2, 0) is 19.8 Å². The van der Waals surface area contributed by atoms with Crippen molar-refractivity contribution in [3.8, 4) is 11.6 Å². The molecule has 0 N–H and O–H groups in total. The molecule has 0 aliphatic carbocycles. The van der Waals surface area contributed by atoms with Gasteiger partial charge in [0.15, 0.2) is 0 Å². The molecule has 2 aromatic rings. The van der Waals surface area contributed by atoms with Gasteiger partial charge in [-0.05, 0) is 30.2 Å². The van der Waals surface area contributed by atoms with E-state index >= 15 is 0 Å². The fourth-order valence-electron chi connectivity index (χ4n) is 1.77. The van der Waals surface area contributed by atoms with E-state index in [9.17, 15) is 4.57 Å². The summed E-state index contributed by atoms with van der Waals surface area (Å²) in [7, 11) is -0.331. The standard InChI is InChI=1S/C15H18NO4P/c1-12-7-8-15(16-10-12)20-14-6-4-5-13(9-14)11-21(17,18-2)19-3/h4-10H,11H2,1-3H3.